The average Bonchev–Trinajstić information content (AvgIpc) is 3.40. The molecule has 8 nitrogen and oxygen atoms in total. The monoisotopic (exact) mass is 737 g/mol. The van der Waals surface area contributed by atoms with Gasteiger partial charge in [0.15, 0.2) is 0 Å². The Hall–Kier alpha value is -1.92. The molecule has 4 rings (SSSR count). The van der Waals surface area contributed by atoms with Crippen molar-refractivity contribution >= 4 is 8.53 Å². The molecule has 0 N–H and O–H groups in total. The van der Waals surface area contributed by atoms with Gasteiger partial charge in [-0.15, -0.1) is 0 Å². The molecule has 1 aliphatic heterocycles. The second-order valence-electron chi connectivity index (χ2n) is 11.5. The van der Waals surface area contributed by atoms with Crippen molar-refractivity contribution in [2.24, 2.45) is 0 Å². The first kappa shape index (κ1) is 41.3. The Kier molecular flexibility index (Phi) is 17.5. The Labute approximate surface area is 308 Å². The second kappa shape index (κ2) is 19.9. The van der Waals surface area contributed by atoms with Crippen LogP contribution in [0.3, 0.4) is 0 Å². The smallest absolute Gasteiger partial charge is 0.259 e. The van der Waals surface area contributed by atoms with Crippen LogP contribution >= 0.6 is 8.53 Å². The van der Waals surface area contributed by atoms with E-state index in [2.05, 4.69) is 57.5 Å². The molecule has 1 aliphatic rings. The molecule has 0 spiro atoms. The Balaban J connectivity index is 0.00000384. The summed E-state index contributed by atoms with van der Waals surface area (Å²) < 4.78 is 39.6. The Morgan fingerprint density at radius 3 is 1.87 bits per heavy atom. The van der Waals surface area contributed by atoms with E-state index in [1.807, 2.05) is 66.7 Å². The molecule has 0 bridgehead atoms. The van der Waals surface area contributed by atoms with Gasteiger partial charge in [-0.3, -0.25) is 0 Å². The van der Waals surface area contributed by atoms with E-state index in [4.69, 9.17) is 33.3 Å². The molecular weight excluding hydrogens is 688 g/mol. The normalized spacial score (nSPS) is 18.4. The van der Waals surface area contributed by atoms with E-state index < -0.39 is 20.2 Å². The van der Waals surface area contributed by atoms with Crippen LogP contribution in [0.5, 0.6) is 11.5 Å². The topological polar surface area (TPSA) is 82.4 Å². The van der Waals surface area contributed by atoms with Crippen LogP contribution in [0, 0.1) is 25.7 Å². The summed E-state index contributed by atoms with van der Waals surface area (Å²) >= 11 is 0. The Morgan fingerprint density at radius 2 is 1.40 bits per heavy atom. The molecule has 0 aromatic heterocycles. The summed E-state index contributed by atoms with van der Waals surface area (Å²) in [5.41, 5.74) is 1.86. The molecule has 3 aromatic carbocycles. The van der Waals surface area contributed by atoms with Crippen LogP contribution in [-0.4, -0.2) is 62.5 Å². The van der Waals surface area contributed by atoms with Gasteiger partial charge in [-0.1, -0.05) is 60.7 Å². The summed E-state index contributed by atoms with van der Waals surface area (Å²) in [7, 11) is 1.85. The first-order valence-corrected chi connectivity index (χ1v) is 16.6. The standard InChI is InChI=1S/C36H46N2O6P.CH3.Y/c1-26(2)38(27(3)4)45(42-23-11-22-37)44-34-24-28(5)43-35(34)25-41-36(29-12-9-8-10-13-29,30-14-18-32(39-6)19-15-30)31-16-20-33(40-7)21-17-31;;/h8-10,12-21,26-28,34-35H,5,11,23-25H2,1-4,6-7H3;1H3;/q2*-1;. The van der Waals surface area contributed by atoms with E-state index in [0.29, 0.717) is 19.4 Å². The maximum absolute atomic E-state index is 9.15. The van der Waals surface area contributed by atoms with Crippen molar-refractivity contribution in [3.05, 3.63) is 110 Å². The van der Waals surface area contributed by atoms with E-state index in [1.54, 1.807) is 14.2 Å². The third-order valence-corrected chi connectivity index (χ3v) is 9.96. The minimum absolute atomic E-state index is 0. The SMILES string of the molecule is [CH2-]C1CC(OP(OCCC#N)N(C(C)C)C(C)C)C(COC(c2ccccc2)(c2ccc(OC)cc2)c2ccc(OC)cc2)O1.[CH3-].[Y]. The van der Waals surface area contributed by atoms with Gasteiger partial charge in [0.1, 0.15) is 23.2 Å². The third-order valence-electron chi connectivity index (χ3n) is 7.80. The summed E-state index contributed by atoms with van der Waals surface area (Å²) in [6.45, 7) is 13.2. The summed E-state index contributed by atoms with van der Waals surface area (Å²) in [6, 6.07) is 28.7. The van der Waals surface area contributed by atoms with Crippen LogP contribution in [-0.2, 0) is 56.8 Å². The number of hydrogen-bond acceptors (Lipinski definition) is 8. The molecule has 1 fully saturated rings. The van der Waals surface area contributed by atoms with Gasteiger partial charge in [-0.05, 0) is 75.1 Å². The van der Waals surface area contributed by atoms with Gasteiger partial charge >= 0.3 is 0 Å². The second-order valence-corrected chi connectivity index (χ2v) is 12.9. The average molecular weight is 738 g/mol. The van der Waals surface area contributed by atoms with Crippen LogP contribution in [0.15, 0.2) is 78.9 Å². The maximum atomic E-state index is 9.15. The van der Waals surface area contributed by atoms with Crippen LogP contribution in [0.25, 0.3) is 0 Å². The number of nitriles is 1. The summed E-state index contributed by atoms with van der Waals surface area (Å²) in [5.74, 6) is 1.51. The first-order chi connectivity index (χ1) is 21.7. The van der Waals surface area contributed by atoms with E-state index in [-0.39, 0.29) is 71.0 Å². The predicted molar refractivity (Wildman–Crippen MR) is 183 cm³/mol. The van der Waals surface area contributed by atoms with E-state index in [1.165, 1.54) is 0 Å². The number of hydrogen-bond donors (Lipinski definition) is 0. The zero-order chi connectivity index (χ0) is 32.4. The molecule has 3 aromatic rings. The largest absolute Gasteiger partial charge is 0.497 e. The number of rotatable bonds is 16. The summed E-state index contributed by atoms with van der Waals surface area (Å²) in [5, 5.41) is 9.15. The summed E-state index contributed by atoms with van der Waals surface area (Å²) in [6.07, 6.45) is -0.0960. The van der Waals surface area contributed by atoms with Gasteiger partial charge in [-0.2, -0.15) is 5.26 Å². The fourth-order valence-electron chi connectivity index (χ4n) is 5.75. The fraction of sp³-hybridized carbons (Fsp3) is 0.432. The number of nitrogens with zero attached hydrogens (tertiary/aromatic N) is 2. The van der Waals surface area contributed by atoms with Gasteiger partial charge in [-0.25, -0.2) is 4.67 Å². The number of methoxy groups -OCH3 is 2. The van der Waals surface area contributed by atoms with E-state index in [0.717, 1.165) is 28.2 Å². The molecule has 1 heterocycles. The minimum Gasteiger partial charge on any atom is -0.497 e. The van der Waals surface area contributed by atoms with E-state index in [9.17, 15) is 0 Å². The van der Waals surface area contributed by atoms with Crippen LogP contribution in [0.1, 0.15) is 57.2 Å². The minimum atomic E-state index is -1.46. The molecule has 0 saturated carbocycles. The molecular formula is C37H49N2O6PY-2. The van der Waals surface area contributed by atoms with Crippen molar-refractivity contribution in [2.45, 2.75) is 76.5 Å². The van der Waals surface area contributed by atoms with Crippen molar-refractivity contribution < 1.29 is 60.7 Å². The molecule has 10 heteroatoms. The molecule has 47 heavy (non-hydrogen) atoms. The van der Waals surface area contributed by atoms with Crippen molar-refractivity contribution in [1.29, 1.82) is 5.26 Å². The molecule has 253 valence electrons. The van der Waals surface area contributed by atoms with Crippen molar-refractivity contribution in [3.8, 4) is 17.6 Å². The quantitative estimate of drug-likeness (QED) is 0.0632. The zero-order valence-corrected chi connectivity index (χ0v) is 32.5. The number of benzene rings is 3. The molecule has 1 saturated heterocycles. The van der Waals surface area contributed by atoms with Gasteiger partial charge in [0.25, 0.3) is 8.53 Å². The third kappa shape index (κ3) is 10.3. The molecule has 1 radical (unpaired) electrons. The van der Waals surface area contributed by atoms with Crippen LogP contribution < -0.4 is 9.47 Å². The van der Waals surface area contributed by atoms with Gasteiger partial charge < -0.3 is 42.3 Å². The molecule has 0 aliphatic carbocycles. The predicted octanol–water partition coefficient (Wildman–Crippen LogP) is 8.11. The molecule has 4 unspecified atom stereocenters. The zero-order valence-electron chi connectivity index (χ0n) is 28.8. The maximum Gasteiger partial charge on any atom is 0.259 e. The summed E-state index contributed by atoms with van der Waals surface area (Å²) in [4.78, 5) is 0. The van der Waals surface area contributed by atoms with E-state index >= 15 is 0 Å². The van der Waals surface area contributed by atoms with Gasteiger partial charge in [0.05, 0.1) is 46.0 Å². The first-order valence-electron chi connectivity index (χ1n) is 15.5. The van der Waals surface area contributed by atoms with Crippen molar-refractivity contribution in [2.75, 3.05) is 27.4 Å². The van der Waals surface area contributed by atoms with Crippen LogP contribution in [0.4, 0.5) is 0 Å². The van der Waals surface area contributed by atoms with Gasteiger partial charge in [0, 0.05) is 44.8 Å². The fourth-order valence-corrected chi connectivity index (χ4v) is 7.51. The molecule has 0 amide bonds. The Bertz CT molecular complexity index is 1300. The van der Waals surface area contributed by atoms with Crippen LogP contribution in [0.2, 0.25) is 0 Å². The van der Waals surface area contributed by atoms with Gasteiger partial charge in [0.2, 0.25) is 0 Å². The molecule has 4 atom stereocenters. The van der Waals surface area contributed by atoms with Crippen molar-refractivity contribution in [3.63, 3.8) is 0 Å². The number of ether oxygens (including phenoxy) is 4. The Morgan fingerprint density at radius 1 is 0.894 bits per heavy atom. The van der Waals surface area contributed by atoms with Crippen molar-refractivity contribution in [1.82, 2.24) is 4.67 Å².